The van der Waals surface area contributed by atoms with Crippen LogP contribution in [-0.2, 0) is 70.2 Å². The van der Waals surface area contributed by atoms with Gasteiger partial charge < -0.3 is 17.7 Å². The monoisotopic (exact) mass is 276 g/mol. The summed E-state index contributed by atoms with van der Waals surface area (Å²) in [5, 5.41) is 0. The van der Waals surface area contributed by atoms with Gasteiger partial charge in [0.05, 0.1) is 0 Å². The minimum atomic E-state index is 0. The van der Waals surface area contributed by atoms with Crippen molar-refractivity contribution < 1.29 is 70.2 Å². The zero-order chi connectivity index (χ0) is 5.70. The molecule has 9 heavy (non-hydrogen) atoms. The average Bonchev–Trinajstić information content (AvgIpc) is 1.61. The summed E-state index contributed by atoms with van der Waals surface area (Å²) in [6.45, 7) is 7.23. The normalized spacial score (nSPS) is 11.4. The molecule has 0 N–H and O–H groups in total. The first-order chi connectivity index (χ1) is 3.27. The molecule has 48 valence electrons. The molecule has 0 aliphatic carbocycles. The summed E-state index contributed by atoms with van der Waals surface area (Å²) in [7, 11) is 0. The zero-order valence-electron chi connectivity index (χ0n) is 5.92. The van der Waals surface area contributed by atoms with Crippen LogP contribution < -0.4 is 0 Å². The molecular weight excluding hydrogens is 266 g/mol. The summed E-state index contributed by atoms with van der Waals surface area (Å²) in [6.07, 6.45) is 4.26. The molecule has 0 rings (SSSR count). The van der Waals surface area contributed by atoms with E-state index in [0.29, 0.717) is 0 Å². The second-order valence-corrected chi connectivity index (χ2v) is 1.35. The van der Waals surface area contributed by atoms with Gasteiger partial charge in [0, 0.05) is 65.4 Å². The molecule has 0 aromatic carbocycles. The van der Waals surface area contributed by atoms with Crippen molar-refractivity contribution in [3.8, 4) is 0 Å². The third kappa shape index (κ3) is 17.7. The number of hydrogen-bond acceptors (Lipinski definition) is 1. The third-order valence-corrected chi connectivity index (χ3v) is 0.418. The Morgan fingerprint density at radius 2 is 2.00 bits per heavy atom. The molecule has 1 nitrogen and oxygen atoms in total. The largest absolute Gasteiger partial charge is 0.567 e. The van der Waals surface area contributed by atoms with Crippen molar-refractivity contribution in [2.75, 3.05) is 0 Å². The first-order valence-electron chi connectivity index (χ1n) is 2.25. The summed E-state index contributed by atoms with van der Waals surface area (Å²) in [4.78, 5) is 0. The van der Waals surface area contributed by atoms with Gasteiger partial charge in [-0.1, -0.05) is 6.92 Å². The molecule has 0 aromatic heterocycles. The number of ether oxygens (including phenoxy) is 1. The van der Waals surface area contributed by atoms with Gasteiger partial charge in [-0.2, -0.15) is 6.92 Å². The van der Waals surface area contributed by atoms with Crippen LogP contribution in [0.2, 0.25) is 0 Å². The van der Waals surface area contributed by atoms with E-state index in [1.807, 2.05) is 6.92 Å². The van der Waals surface area contributed by atoms with Gasteiger partial charge in [-0.05, 0) is 6.10 Å². The van der Waals surface area contributed by atoms with Crippen LogP contribution in [-0.4, -0.2) is 6.10 Å². The van der Waals surface area contributed by atoms with Gasteiger partial charge in [0.25, 0.3) is 0 Å². The van der Waals surface area contributed by atoms with Crippen LogP contribution in [0, 0.1) is 13.0 Å². The molecule has 0 bridgehead atoms. The fourth-order valence-corrected chi connectivity index (χ4v) is 0.184. The summed E-state index contributed by atoms with van der Waals surface area (Å²) in [5.41, 5.74) is 0. The van der Waals surface area contributed by atoms with E-state index in [9.17, 15) is 0 Å². The Balaban J connectivity index is -0.000000180. The van der Waals surface area contributed by atoms with Crippen molar-refractivity contribution >= 4 is 0 Å². The van der Waals surface area contributed by atoms with E-state index in [1.54, 1.807) is 6.92 Å². The summed E-state index contributed by atoms with van der Waals surface area (Å²) in [6, 6.07) is 0. The fraction of sp³-hybridized carbons (Fsp3) is 0.500. The van der Waals surface area contributed by atoms with E-state index in [1.165, 1.54) is 6.26 Å². The standard InChI is InChI=1S/C6H10O.2Y/c1-4-5-7-6(2)3;;/h5-6H,2H2,1,3H3;;/q-2;;/t6-;;/m1../s1. The van der Waals surface area contributed by atoms with Crippen LogP contribution in [0.4, 0.5) is 0 Å². The van der Waals surface area contributed by atoms with E-state index in [-0.39, 0.29) is 71.5 Å². The minimum absolute atomic E-state index is 0. The van der Waals surface area contributed by atoms with Gasteiger partial charge in [0.2, 0.25) is 0 Å². The second kappa shape index (κ2) is 12.4. The molecule has 0 saturated heterocycles. The average molecular weight is 276 g/mol. The first kappa shape index (κ1) is 17.0. The van der Waals surface area contributed by atoms with Crippen molar-refractivity contribution in [3.05, 3.63) is 19.3 Å². The maximum absolute atomic E-state index is 4.84. The number of rotatable bonds is 2. The van der Waals surface area contributed by atoms with Gasteiger partial charge >= 0.3 is 0 Å². The molecule has 0 heterocycles. The Labute approximate surface area is 108 Å². The molecule has 0 aromatic rings. The van der Waals surface area contributed by atoms with Gasteiger partial charge in [0.1, 0.15) is 0 Å². The summed E-state index contributed by atoms with van der Waals surface area (Å²) in [5.74, 6) is 0. The Bertz CT molecular complexity index is 62.1. The maximum Gasteiger partial charge on any atom is 0 e. The Kier molecular flexibility index (Phi) is 23.5. The first-order valence-corrected chi connectivity index (χ1v) is 2.25. The molecule has 0 spiro atoms. The Morgan fingerprint density at radius 3 is 2.11 bits per heavy atom. The molecular formula is C6H10OY2-2. The number of hydrogen-bond donors (Lipinski definition) is 0. The van der Waals surface area contributed by atoms with Gasteiger partial charge in [-0.3, -0.25) is 0 Å². The van der Waals surface area contributed by atoms with Crippen molar-refractivity contribution in [3.63, 3.8) is 0 Å². The van der Waals surface area contributed by atoms with Crippen LogP contribution >= 0.6 is 0 Å². The quantitative estimate of drug-likeness (QED) is 0.549. The number of allylic oxidation sites excluding steroid dienone is 1. The van der Waals surface area contributed by atoms with Crippen LogP contribution in [0.5, 0.6) is 0 Å². The molecule has 0 unspecified atom stereocenters. The minimum Gasteiger partial charge on any atom is -0.567 e. The SMILES string of the molecule is [CH2-][C@H](C)OC=[C-]C.[Y].[Y]. The molecule has 0 amide bonds. The predicted octanol–water partition coefficient (Wildman–Crippen LogP) is 1.56. The Morgan fingerprint density at radius 1 is 1.56 bits per heavy atom. The van der Waals surface area contributed by atoms with Crippen molar-refractivity contribution in [1.82, 2.24) is 0 Å². The van der Waals surface area contributed by atoms with Crippen molar-refractivity contribution in [1.29, 1.82) is 0 Å². The second-order valence-electron chi connectivity index (χ2n) is 1.35. The van der Waals surface area contributed by atoms with E-state index in [4.69, 9.17) is 4.74 Å². The third-order valence-electron chi connectivity index (χ3n) is 0.418. The molecule has 0 saturated carbocycles. The molecule has 3 heteroatoms. The Hall–Kier alpha value is 1.75. The van der Waals surface area contributed by atoms with Gasteiger partial charge in [-0.15, -0.1) is 6.26 Å². The van der Waals surface area contributed by atoms with Gasteiger partial charge in [0.15, 0.2) is 0 Å². The van der Waals surface area contributed by atoms with Crippen molar-refractivity contribution in [2.45, 2.75) is 20.0 Å². The molecule has 0 aliphatic rings. The van der Waals surface area contributed by atoms with E-state index in [0.717, 1.165) is 0 Å². The fourth-order valence-electron chi connectivity index (χ4n) is 0.184. The zero-order valence-corrected chi connectivity index (χ0v) is 11.6. The van der Waals surface area contributed by atoms with Crippen LogP contribution in [0.3, 0.4) is 0 Å². The van der Waals surface area contributed by atoms with Crippen LogP contribution in [0.25, 0.3) is 0 Å². The van der Waals surface area contributed by atoms with Crippen LogP contribution in [0.15, 0.2) is 6.26 Å². The molecule has 0 aliphatic heterocycles. The molecule has 1 atom stereocenters. The van der Waals surface area contributed by atoms with Crippen LogP contribution in [0.1, 0.15) is 13.8 Å². The molecule has 0 fully saturated rings. The van der Waals surface area contributed by atoms with E-state index in [2.05, 4.69) is 13.0 Å². The van der Waals surface area contributed by atoms with Crippen molar-refractivity contribution in [2.24, 2.45) is 0 Å². The topological polar surface area (TPSA) is 9.23 Å². The summed E-state index contributed by atoms with van der Waals surface area (Å²) >= 11 is 0. The summed E-state index contributed by atoms with van der Waals surface area (Å²) < 4.78 is 4.84. The van der Waals surface area contributed by atoms with E-state index >= 15 is 0 Å². The maximum atomic E-state index is 4.84. The predicted molar refractivity (Wildman–Crippen MR) is 29.4 cm³/mol. The van der Waals surface area contributed by atoms with E-state index < -0.39 is 0 Å². The van der Waals surface area contributed by atoms with Gasteiger partial charge in [-0.25, -0.2) is 0 Å². The molecule has 2 radical (unpaired) electrons. The smallest absolute Gasteiger partial charge is 0 e.